The minimum absolute atomic E-state index is 0.0560. The van der Waals surface area contributed by atoms with Crippen LogP contribution in [0.15, 0.2) is 29.2 Å². The minimum atomic E-state index is -3.73. The van der Waals surface area contributed by atoms with E-state index in [4.69, 9.17) is 16.3 Å². The van der Waals surface area contributed by atoms with Crippen molar-refractivity contribution in [3.63, 3.8) is 0 Å². The molecule has 1 N–H and O–H groups in total. The first kappa shape index (κ1) is 22.4. The predicted octanol–water partition coefficient (Wildman–Crippen LogP) is 1.94. The highest BCUT2D eigenvalue weighted by Crippen LogP contribution is 2.25. The second kappa shape index (κ2) is 9.58. The van der Waals surface area contributed by atoms with Crippen molar-refractivity contribution < 1.29 is 22.7 Å². The molecule has 2 rings (SSSR count). The van der Waals surface area contributed by atoms with E-state index in [0.717, 1.165) is 0 Å². The Morgan fingerprint density at radius 2 is 1.79 bits per heavy atom. The SMILES string of the molecule is CCOC(=O)NC(C(=O)N1CCN(S(=O)(=O)c2ccccc2Cl)CC1)C(C)C. The van der Waals surface area contributed by atoms with Gasteiger partial charge in [0.2, 0.25) is 15.9 Å². The molecule has 1 aromatic carbocycles. The molecule has 0 bridgehead atoms. The van der Waals surface area contributed by atoms with Gasteiger partial charge in [0.05, 0.1) is 11.6 Å². The molecule has 0 aliphatic carbocycles. The Kier molecular flexibility index (Phi) is 7.68. The van der Waals surface area contributed by atoms with Gasteiger partial charge in [-0.3, -0.25) is 4.79 Å². The van der Waals surface area contributed by atoms with Crippen LogP contribution in [0.1, 0.15) is 20.8 Å². The van der Waals surface area contributed by atoms with Crippen LogP contribution >= 0.6 is 11.6 Å². The summed E-state index contributed by atoms with van der Waals surface area (Å²) >= 11 is 6.04. The van der Waals surface area contributed by atoms with Crippen LogP contribution in [0, 0.1) is 5.92 Å². The van der Waals surface area contributed by atoms with Crippen LogP contribution in [-0.2, 0) is 19.6 Å². The molecule has 1 heterocycles. The van der Waals surface area contributed by atoms with Crippen molar-refractivity contribution in [3.05, 3.63) is 29.3 Å². The van der Waals surface area contributed by atoms with E-state index in [9.17, 15) is 18.0 Å². The van der Waals surface area contributed by atoms with E-state index in [1.54, 1.807) is 24.0 Å². The molecule has 156 valence electrons. The number of alkyl carbamates (subject to hydrolysis) is 1. The number of amides is 2. The van der Waals surface area contributed by atoms with E-state index >= 15 is 0 Å². The number of piperazine rings is 1. The summed E-state index contributed by atoms with van der Waals surface area (Å²) in [4.78, 5) is 26.2. The number of benzene rings is 1. The monoisotopic (exact) mass is 431 g/mol. The average Bonchev–Trinajstić information content (AvgIpc) is 2.66. The summed E-state index contributed by atoms with van der Waals surface area (Å²) in [6.45, 7) is 6.33. The standard InChI is InChI=1S/C18H26ClN3O5S/c1-4-27-18(24)20-16(13(2)3)17(23)21-9-11-22(12-10-21)28(25,26)15-8-6-5-7-14(15)19/h5-8,13,16H,4,9-12H2,1-3H3,(H,20,24). The van der Waals surface area contributed by atoms with Gasteiger partial charge in [0.15, 0.2) is 0 Å². The van der Waals surface area contributed by atoms with Crippen LogP contribution in [0.25, 0.3) is 0 Å². The number of sulfonamides is 1. The Bertz CT molecular complexity index is 807. The third kappa shape index (κ3) is 5.15. The van der Waals surface area contributed by atoms with Crippen LogP contribution < -0.4 is 5.32 Å². The van der Waals surface area contributed by atoms with Gasteiger partial charge < -0.3 is 15.0 Å². The molecular weight excluding hydrogens is 406 g/mol. The minimum Gasteiger partial charge on any atom is -0.450 e. The predicted molar refractivity (Wildman–Crippen MR) is 106 cm³/mol. The lowest BCUT2D eigenvalue weighted by atomic mass is 10.0. The Morgan fingerprint density at radius 3 is 2.32 bits per heavy atom. The number of hydrogen-bond acceptors (Lipinski definition) is 5. The van der Waals surface area contributed by atoms with Gasteiger partial charge in [-0.05, 0) is 25.0 Å². The Labute approximate surface area is 170 Å². The number of nitrogens with zero attached hydrogens (tertiary/aromatic N) is 2. The number of carbonyl (C=O) groups excluding carboxylic acids is 2. The van der Waals surface area contributed by atoms with E-state index < -0.39 is 22.2 Å². The van der Waals surface area contributed by atoms with Gasteiger partial charge in [-0.15, -0.1) is 0 Å². The molecule has 28 heavy (non-hydrogen) atoms. The van der Waals surface area contributed by atoms with Crippen LogP contribution in [0.3, 0.4) is 0 Å². The van der Waals surface area contributed by atoms with Gasteiger partial charge in [0, 0.05) is 26.2 Å². The molecular formula is C18H26ClN3O5S. The highest BCUT2D eigenvalue weighted by atomic mass is 35.5. The van der Waals surface area contributed by atoms with Gasteiger partial charge in [-0.2, -0.15) is 4.31 Å². The quantitative estimate of drug-likeness (QED) is 0.742. The highest BCUT2D eigenvalue weighted by Gasteiger charge is 2.35. The van der Waals surface area contributed by atoms with Crippen LogP contribution in [0.4, 0.5) is 4.79 Å². The van der Waals surface area contributed by atoms with E-state index in [0.29, 0.717) is 0 Å². The van der Waals surface area contributed by atoms with Gasteiger partial charge >= 0.3 is 6.09 Å². The number of hydrogen-bond donors (Lipinski definition) is 1. The molecule has 1 atom stereocenters. The van der Waals surface area contributed by atoms with Crippen LogP contribution in [0.2, 0.25) is 5.02 Å². The third-order valence-electron chi connectivity index (χ3n) is 4.49. The summed E-state index contributed by atoms with van der Waals surface area (Å²) in [5.74, 6) is -0.389. The fourth-order valence-corrected chi connectivity index (χ4v) is 4.87. The van der Waals surface area contributed by atoms with Crippen molar-refractivity contribution >= 4 is 33.6 Å². The number of halogens is 1. The molecule has 1 saturated heterocycles. The molecule has 1 aliphatic heterocycles. The lowest BCUT2D eigenvalue weighted by molar-refractivity contribution is -0.135. The van der Waals surface area contributed by atoms with E-state index in [1.165, 1.54) is 16.4 Å². The highest BCUT2D eigenvalue weighted by molar-refractivity contribution is 7.89. The molecule has 1 fully saturated rings. The first-order valence-electron chi connectivity index (χ1n) is 9.15. The normalized spacial score (nSPS) is 16.7. The van der Waals surface area contributed by atoms with Crippen molar-refractivity contribution in [2.45, 2.75) is 31.7 Å². The second-order valence-electron chi connectivity index (χ2n) is 6.75. The second-order valence-corrected chi connectivity index (χ2v) is 9.06. The molecule has 8 nitrogen and oxygen atoms in total. The summed E-state index contributed by atoms with van der Waals surface area (Å²) in [7, 11) is -3.73. The third-order valence-corrected chi connectivity index (χ3v) is 6.88. The molecule has 10 heteroatoms. The fraction of sp³-hybridized carbons (Fsp3) is 0.556. The van der Waals surface area contributed by atoms with Gasteiger partial charge in [0.25, 0.3) is 0 Å². The Balaban J connectivity index is 2.05. The zero-order valence-corrected chi connectivity index (χ0v) is 17.8. The summed E-state index contributed by atoms with van der Waals surface area (Å²) < 4.78 is 31.8. The maximum absolute atomic E-state index is 12.8. The number of ether oxygens (including phenoxy) is 1. The Morgan fingerprint density at radius 1 is 1.18 bits per heavy atom. The molecule has 1 unspecified atom stereocenters. The maximum Gasteiger partial charge on any atom is 0.407 e. The first-order valence-corrected chi connectivity index (χ1v) is 11.0. The number of carbonyl (C=O) groups is 2. The maximum atomic E-state index is 12.8. The van der Waals surface area contributed by atoms with E-state index in [1.807, 2.05) is 13.8 Å². The molecule has 1 aromatic rings. The first-order chi connectivity index (χ1) is 13.2. The van der Waals surface area contributed by atoms with Crippen molar-refractivity contribution in [1.29, 1.82) is 0 Å². The summed E-state index contributed by atoms with van der Waals surface area (Å²) in [6, 6.07) is 5.55. The molecule has 0 saturated carbocycles. The largest absolute Gasteiger partial charge is 0.450 e. The van der Waals surface area contributed by atoms with Crippen molar-refractivity contribution in [1.82, 2.24) is 14.5 Å². The van der Waals surface area contributed by atoms with Crippen LogP contribution in [0.5, 0.6) is 0 Å². The topological polar surface area (TPSA) is 96.0 Å². The molecule has 0 radical (unpaired) electrons. The zero-order chi connectivity index (χ0) is 20.9. The van der Waals surface area contributed by atoms with Crippen LogP contribution in [-0.4, -0.2) is 68.5 Å². The lowest BCUT2D eigenvalue weighted by Crippen LogP contribution is -2.57. The number of rotatable bonds is 6. The van der Waals surface area contributed by atoms with Crippen molar-refractivity contribution in [2.75, 3.05) is 32.8 Å². The molecule has 1 aliphatic rings. The smallest absolute Gasteiger partial charge is 0.407 e. The molecule has 2 amide bonds. The number of nitrogens with one attached hydrogen (secondary N) is 1. The van der Waals surface area contributed by atoms with Gasteiger partial charge in [0.1, 0.15) is 10.9 Å². The zero-order valence-electron chi connectivity index (χ0n) is 16.2. The van der Waals surface area contributed by atoms with Crippen molar-refractivity contribution in [3.8, 4) is 0 Å². The van der Waals surface area contributed by atoms with Gasteiger partial charge in [-0.1, -0.05) is 37.6 Å². The van der Waals surface area contributed by atoms with E-state index in [2.05, 4.69) is 5.32 Å². The molecule has 0 spiro atoms. The fourth-order valence-electron chi connectivity index (χ4n) is 2.95. The van der Waals surface area contributed by atoms with Crippen molar-refractivity contribution in [2.24, 2.45) is 5.92 Å². The summed E-state index contributed by atoms with van der Waals surface area (Å²) in [6.07, 6.45) is -0.644. The average molecular weight is 432 g/mol. The lowest BCUT2D eigenvalue weighted by Gasteiger charge is -2.36. The van der Waals surface area contributed by atoms with E-state index in [-0.39, 0.29) is 54.5 Å². The Hall–Kier alpha value is -1.84. The summed E-state index contributed by atoms with van der Waals surface area (Å²) in [5.41, 5.74) is 0. The summed E-state index contributed by atoms with van der Waals surface area (Å²) in [5, 5.41) is 2.75. The molecule has 0 aromatic heterocycles. The van der Waals surface area contributed by atoms with Gasteiger partial charge in [-0.25, -0.2) is 13.2 Å².